The fraction of sp³-hybridized carbons (Fsp3) is 0.211. The van der Waals surface area contributed by atoms with E-state index in [0.29, 0.717) is 27.4 Å². The third-order valence-electron chi connectivity index (χ3n) is 4.19. The highest BCUT2D eigenvalue weighted by Gasteiger charge is 2.14. The number of rotatable bonds is 5. The van der Waals surface area contributed by atoms with Gasteiger partial charge in [-0.15, -0.1) is 0 Å². The Kier molecular flexibility index (Phi) is 5.32. The Morgan fingerprint density at radius 2 is 1.89 bits per heavy atom. The van der Waals surface area contributed by atoms with Gasteiger partial charge in [-0.05, 0) is 37.3 Å². The van der Waals surface area contributed by atoms with Crippen molar-refractivity contribution >= 4 is 34.1 Å². The number of methoxy groups -OCH3 is 1. The number of hydrogen-bond acceptors (Lipinski definition) is 4. The van der Waals surface area contributed by atoms with Gasteiger partial charge in [0.15, 0.2) is 0 Å². The molecule has 8 heteroatoms. The summed E-state index contributed by atoms with van der Waals surface area (Å²) in [5.41, 5.74) is 0.00730. The molecule has 1 aromatic heterocycles. The molecule has 0 fully saturated rings. The van der Waals surface area contributed by atoms with Gasteiger partial charge in [0, 0.05) is 12.2 Å². The highest BCUT2D eigenvalue weighted by Crippen LogP contribution is 2.27. The molecule has 0 bridgehead atoms. The third kappa shape index (κ3) is 3.59. The molecule has 2 aromatic carbocycles. The molecule has 27 heavy (non-hydrogen) atoms. The molecule has 0 aliphatic heterocycles. The lowest BCUT2D eigenvalue weighted by Gasteiger charge is -2.13. The molecule has 0 unspecified atom stereocenters. The van der Waals surface area contributed by atoms with Crippen LogP contribution in [0.25, 0.3) is 10.9 Å². The van der Waals surface area contributed by atoms with Crippen molar-refractivity contribution in [1.29, 1.82) is 0 Å². The van der Waals surface area contributed by atoms with Crippen LogP contribution in [-0.2, 0) is 17.9 Å². The lowest BCUT2D eigenvalue weighted by molar-refractivity contribution is -0.116. The molecule has 0 radical (unpaired) electrons. The normalized spacial score (nSPS) is 10.8. The van der Waals surface area contributed by atoms with Crippen LogP contribution in [0.5, 0.6) is 5.75 Å². The first-order valence-corrected chi connectivity index (χ1v) is 8.69. The van der Waals surface area contributed by atoms with E-state index >= 15 is 0 Å². The molecule has 3 aromatic rings. The summed E-state index contributed by atoms with van der Waals surface area (Å²) in [6, 6.07) is 11.6. The van der Waals surface area contributed by atoms with Crippen molar-refractivity contribution in [3.8, 4) is 5.75 Å². The largest absolute Gasteiger partial charge is 0.495 e. The number of fused-ring (bicyclic) bond motifs is 1. The molecule has 1 amide bonds. The van der Waals surface area contributed by atoms with Gasteiger partial charge in [0.25, 0.3) is 5.56 Å². The number of para-hydroxylation sites is 1. The van der Waals surface area contributed by atoms with Gasteiger partial charge in [0.2, 0.25) is 5.91 Å². The van der Waals surface area contributed by atoms with Crippen LogP contribution >= 0.6 is 11.6 Å². The SMILES string of the molecule is CCn1c(=O)c2ccccc2n(CC(=O)Nc2ccc(OC)c(Cl)c2)c1=O. The van der Waals surface area contributed by atoms with E-state index in [2.05, 4.69) is 5.32 Å². The molecule has 140 valence electrons. The van der Waals surface area contributed by atoms with E-state index in [4.69, 9.17) is 16.3 Å². The van der Waals surface area contributed by atoms with Gasteiger partial charge in [-0.3, -0.25) is 18.7 Å². The number of halogens is 1. The first-order chi connectivity index (χ1) is 13.0. The standard InChI is InChI=1S/C19H18ClN3O4/c1-3-22-18(25)13-6-4-5-7-15(13)23(19(22)26)11-17(24)21-12-8-9-16(27-2)14(20)10-12/h4-10H,3,11H2,1-2H3,(H,21,24). The second kappa shape index (κ2) is 7.67. The number of nitrogens with one attached hydrogen (secondary N) is 1. The quantitative estimate of drug-likeness (QED) is 0.729. The van der Waals surface area contributed by atoms with Crippen LogP contribution in [0.15, 0.2) is 52.1 Å². The molecule has 3 rings (SSSR count). The summed E-state index contributed by atoms with van der Waals surface area (Å²) >= 11 is 6.06. The Hall–Kier alpha value is -3.06. The average Bonchev–Trinajstić information content (AvgIpc) is 2.66. The van der Waals surface area contributed by atoms with Gasteiger partial charge in [0.05, 0.1) is 23.0 Å². The van der Waals surface area contributed by atoms with Gasteiger partial charge < -0.3 is 10.1 Å². The number of carbonyl (C=O) groups excluding carboxylic acids is 1. The Bertz CT molecular complexity index is 1130. The predicted octanol–water partition coefficient (Wildman–Crippen LogP) is 2.48. The maximum atomic E-state index is 12.7. The number of ether oxygens (including phenoxy) is 1. The van der Waals surface area contributed by atoms with Crippen molar-refractivity contribution in [3.05, 3.63) is 68.3 Å². The zero-order valence-corrected chi connectivity index (χ0v) is 15.6. The molecule has 0 aliphatic carbocycles. The van der Waals surface area contributed by atoms with Gasteiger partial charge >= 0.3 is 5.69 Å². The minimum atomic E-state index is -0.524. The summed E-state index contributed by atoms with van der Waals surface area (Å²) in [7, 11) is 1.50. The molecule has 1 N–H and O–H groups in total. The Balaban J connectivity index is 1.97. The van der Waals surface area contributed by atoms with Gasteiger partial charge in [-0.2, -0.15) is 0 Å². The molecule has 0 spiro atoms. The topological polar surface area (TPSA) is 82.3 Å². The predicted molar refractivity (Wildman–Crippen MR) is 105 cm³/mol. The van der Waals surface area contributed by atoms with E-state index in [-0.39, 0.29) is 18.6 Å². The van der Waals surface area contributed by atoms with Crippen LogP contribution in [0.4, 0.5) is 5.69 Å². The van der Waals surface area contributed by atoms with E-state index in [1.165, 1.54) is 11.7 Å². The van der Waals surface area contributed by atoms with Crippen LogP contribution in [0.3, 0.4) is 0 Å². The molecule has 0 atom stereocenters. The summed E-state index contributed by atoms with van der Waals surface area (Å²) in [5.74, 6) is 0.0803. The first kappa shape index (κ1) is 18.7. The number of anilines is 1. The number of hydrogen-bond donors (Lipinski definition) is 1. The van der Waals surface area contributed by atoms with Crippen LogP contribution in [0, 0.1) is 0 Å². The van der Waals surface area contributed by atoms with Crippen molar-refractivity contribution in [1.82, 2.24) is 9.13 Å². The number of nitrogens with zero attached hydrogens (tertiary/aromatic N) is 2. The summed E-state index contributed by atoms with van der Waals surface area (Å²) in [6.45, 7) is 1.70. The Morgan fingerprint density at radius 3 is 2.56 bits per heavy atom. The third-order valence-corrected chi connectivity index (χ3v) is 4.48. The molecule has 0 saturated carbocycles. The lowest BCUT2D eigenvalue weighted by Crippen LogP contribution is -2.41. The summed E-state index contributed by atoms with van der Waals surface area (Å²) in [5, 5.41) is 3.45. The second-order valence-electron chi connectivity index (χ2n) is 5.83. The minimum absolute atomic E-state index is 0.220. The minimum Gasteiger partial charge on any atom is -0.495 e. The summed E-state index contributed by atoms with van der Waals surface area (Å²) in [6.07, 6.45) is 0. The molecule has 1 heterocycles. The number of aromatic nitrogens is 2. The van der Waals surface area contributed by atoms with E-state index in [9.17, 15) is 14.4 Å². The maximum Gasteiger partial charge on any atom is 0.331 e. The number of amides is 1. The fourth-order valence-electron chi connectivity index (χ4n) is 2.89. The highest BCUT2D eigenvalue weighted by molar-refractivity contribution is 6.32. The van der Waals surface area contributed by atoms with Crippen LogP contribution in [-0.4, -0.2) is 22.2 Å². The monoisotopic (exact) mass is 387 g/mol. The van der Waals surface area contributed by atoms with Gasteiger partial charge in [-0.1, -0.05) is 23.7 Å². The molecule has 0 aliphatic rings. The van der Waals surface area contributed by atoms with E-state index in [0.717, 1.165) is 4.57 Å². The van der Waals surface area contributed by atoms with E-state index < -0.39 is 11.6 Å². The maximum absolute atomic E-state index is 12.7. The van der Waals surface area contributed by atoms with Crippen molar-refractivity contribution in [3.63, 3.8) is 0 Å². The average molecular weight is 388 g/mol. The van der Waals surface area contributed by atoms with Crippen molar-refractivity contribution < 1.29 is 9.53 Å². The van der Waals surface area contributed by atoms with Crippen molar-refractivity contribution in [2.45, 2.75) is 20.0 Å². The van der Waals surface area contributed by atoms with Crippen LogP contribution in [0.1, 0.15) is 6.92 Å². The van der Waals surface area contributed by atoms with Crippen LogP contribution < -0.4 is 21.3 Å². The first-order valence-electron chi connectivity index (χ1n) is 8.32. The summed E-state index contributed by atoms with van der Waals surface area (Å²) < 4.78 is 7.48. The Morgan fingerprint density at radius 1 is 1.15 bits per heavy atom. The molecule has 7 nitrogen and oxygen atoms in total. The Labute approximate surface area is 159 Å². The van der Waals surface area contributed by atoms with Gasteiger partial charge in [0.1, 0.15) is 12.3 Å². The molecular weight excluding hydrogens is 370 g/mol. The number of carbonyl (C=O) groups is 1. The summed E-state index contributed by atoms with van der Waals surface area (Å²) in [4.78, 5) is 37.6. The molecular formula is C19H18ClN3O4. The number of benzene rings is 2. The van der Waals surface area contributed by atoms with Gasteiger partial charge in [-0.25, -0.2) is 4.79 Å². The van der Waals surface area contributed by atoms with E-state index in [1.54, 1.807) is 49.4 Å². The zero-order valence-electron chi connectivity index (χ0n) is 14.9. The molecule has 0 saturated heterocycles. The fourth-order valence-corrected chi connectivity index (χ4v) is 3.15. The highest BCUT2D eigenvalue weighted by atomic mass is 35.5. The van der Waals surface area contributed by atoms with Crippen molar-refractivity contribution in [2.24, 2.45) is 0 Å². The van der Waals surface area contributed by atoms with Crippen molar-refractivity contribution in [2.75, 3.05) is 12.4 Å². The lowest BCUT2D eigenvalue weighted by atomic mass is 10.2. The second-order valence-corrected chi connectivity index (χ2v) is 6.24. The van der Waals surface area contributed by atoms with E-state index in [1.807, 2.05) is 0 Å². The van der Waals surface area contributed by atoms with Crippen LogP contribution in [0.2, 0.25) is 5.02 Å². The zero-order chi connectivity index (χ0) is 19.6. The smallest absolute Gasteiger partial charge is 0.331 e.